The normalized spacial score (nSPS) is 17.5. The molecular weight excluding hydrogens is 230 g/mol. The van der Waals surface area contributed by atoms with Gasteiger partial charge in [0.05, 0.1) is 6.54 Å². The molecule has 1 aromatic rings. The molecule has 2 rings (SSSR count). The molecule has 0 spiro atoms. The van der Waals surface area contributed by atoms with Crippen LogP contribution in [0.1, 0.15) is 46.5 Å². The molecule has 0 aromatic carbocycles. The first kappa shape index (κ1) is 13.0. The second-order valence-electron chi connectivity index (χ2n) is 6.39. The van der Waals surface area contributed by atoms with Crippen molar-refractivity contribution in [3.63, 3.8) is 0 Å². The van der Waals surface area contributed by atoms with Crippen molar-refractivity contribution < 1.29 is 4.79 Å². The SMILES string of the molecule is CC(C)(C)CC1(NC(=O)CCn2cnnn2)CC1. The van der Waals surface area contributed by atoms with Crippen molar-refractivity contribution in [1.29, 1.82) is 0 Å². The summed E-state index contributed by atoms with van der Waals surface area (Å²) in [6.45, 7) is 7.16. The molecule has 0 radical (unpaired) electrons. The summed E-state index contributed by atoms with van der Waals surface area (Å²) in [7, 11) is 0. The van der Waals surface area contributed by atoms with Gasteiger partial charge in [-0.25, -0.2) is 4.68 Å². The minimum absolute atomic E-state index is 0.0515. The summed E-state index contributed by atoms with van der Waals surface area (Å²) in [5, 5.41) is 14.0. The fraction of sp³-hybridized carbons (Fsp3) is 0.833. The molecule has 0 bridgehead atoms. The molecule has 1 saturated carbocycles. The van der Waals surface area contributed by atoms with Gasteiger partial charge in [0.15, 0.2) is 0 Å². The molecule has 1 heterocycles. The molecule has 1 fully saturated rings. The topological polar surface area (TPSA) is 72.7 Å². The summed E-state index contributed by atoms with van der Waals surface area (Å²) in [6, 6.07) is 0. The van der Waals surface area contributed by atoms with Gasteiger partial charge in [0.1, 0.15) is 6.33 Å². The molecule has 18 heavy (non-hydrogen) atoms. The maximum atomic E-state index is 11.9. The van der Waals surface area contributed by atoms with Crippen LogP contribution in [0.25, 0.3) is 0 Å². The predicted octanol–water partition coefficient (Wildman–Crippen LogP) is 1.15. The van der Waals surface area contributed by atoms with E-state index in [4.69, 9.17) is 0 Å². The summed E-state index contributed by atoms with van der Waals surface area (Å²) >= 11 is 0. The second-order valence-corrected chi connectivity index (χ2v) is 6.39. The smallest absolute Gasteiger partial charge is 0.222 e. The van der Waals surface area contributed by atoms with Gasteiger partial charge >= 0.3 is 0 Å². The van der Waals surface area contributed by atoms with E-state index >= 15 is 0 Å². The number of aromatic nitrogens is 4. The summed E-state index contributed by atoms with van der Waals surface area (Å²) < 4.78 is 1.57. The number of nitrogens with one attached hydrogen (secondary N) is 1. The first-order valence-corrected chi connectivity index (χ1v) is 6.40. The largest absolute Gasteiger partial charge is 0.351 e. The average molecular weight is 251 g/mol. The summed E-state index contributed by atoms with van der Waals surface area (Å²) in [6.07, 6.45) is 5.19. The van der Waals surface area contributed by atoms with Crippen LogP contribution in [0.15, 0.2) is 6.33 Å². The quantitative estimate of drug-likeness (QED) is 0.852. The maximum Gasteiger partial charge on any atom is 0.222 e. The number of hydrogen-bond acceptors (Lipinski definition) is 4. The zero-order valence-corrected chi connectivity index (χ0v) is 11.3. The molecule has 1 aromatic heterocycles. The molecular formula is C12H21N5O. The van der Waals surface area contributed by atoms with Crippen molar-refractivity contribution in [2.24, 2.45) is 5.41 Å². The van der Waals surface area contributed by atoms with E-state index in [1.807, 2.05) is 0 Å². The molecule has 0 aliphatic heterocycles. The lowest BCUT2D eigenvalue weighted by Gasteiger charge is -2.26. The zero-order valence-electron chi connectivity index (χ0n) is 11.3. The molecule has 0 atom stereocenters. The van der Waals surface area contributed by atoms with Crippen molar-refractivity contribution in [2.75, 3.05) is 0 Å². The van der Waals surface area contributed by atoms with E-state index in [2.05, 4.69) is 41.6 Å². The van der Waals surface area contributed by atoms with Crippen molar-refractivity contribution in [2.45, 2.75) is 58.5 Å². The van der Waals surface area contributed by atoms with Crippen LogP contribution in [0.2, 0.25) is 0 Å². The van der Waals surface area contributed by atoms with E-state index in [0.29, 0.717) is 13.0 Å². The Labute approximate surface area is 107 Å². The van der Waals surface area contributed by atoms with Gasteiger partial charge in [0.2, 0.25) is 5.91 Å². The fourth-order valence-electron chi connectivity index (χ4n) is 2.37. The lowest BCUT2D eigenvalue weighted by atomic mass is 9.86. The Balaban J connectivity index is 1.77. The van der Waals surface area contributed by atoms with Crippen LogP contribution in [0.3, 0.4) is 0 Å². The van der Waals surface area contributed by atoms with Crippen molar-refractivity contribution in [3.8, 4) is 0 Å². The number of rotatable bonds is 5. The lowest BCUT2D eigenvalue weighted by Crippen LogP contribution is -2.39. The van der Waals surface area contributed by atoms with Crippen LogP contribution < -0.4 is 5.32 Å². The van der Waals surface area contributed by atoms with E-state index in [-0.39, 0.29) is 16.9 Å². The zero-order chi connectivity index (χ0) is 13.2. The number of carbonyl (C=O) groups excluding carboxylic acids is 1. The van der Waals surface area contributed by atoms with Crippen LogP contribution in [-0.4, -0.2) is 31.7 Å². The van der Waals surface area contributed by atoms with Gasteiger partial charge in [-0.2, -0.15) is 0 Å². The minimum atomic E-state index is 0.0515. The molecule has 1 aliphatic rings. The number of hydrogen-bond donors (Lipinski definition) is 1. The standard InChI is InChI=1S/C12H21N5O/c1-11(2,3)8-12(5-6-12)14-10(18)4-7-17-9-13-15-16-17/h9H,4-8H2,1-3H3,(H,14,18). The third-order valence-corrected chi connectivity index (χ3v) is 3.09. The van der Waals surface area contributed by atoms with E-state index in [9.17, 15) is 4.79 Å². The Morgan fingerprint density at radius 3 is 2.67 bits per heavy atom. The third kappa shape index (κ3) is 3.78. The van der Waals surface area contributed by atoms with Gasteiger partial charge in [-0.1, -0.05) is 20.8 Å². The first-order chi connectivity index (χ1) is 8.39. The van der Waals surface area contributed by atoms with Gasteiger partial charge < -0.3 is 5.32 Å². The highest BCUT2D eigenvalue weighted by Crippen LogP contribution is 2.44. The van der Waals surface area contributed by atoms with Crippen LogP contribution in [0.4, 0.5) is 0 Å². The first-order valence-electron chi connectivity index (χ1n) is 6.40. The van der Waals surface area contributed by atoms with E-state index in [0.717, 1.165) is 19.3 Å². The molecule has 0 saturated heterocycles. The number of tetrazole rings is 1. The van der Waals surface area contributed by atoms with E-state index < -0.39 is 0 Å². The Morgan fingerprint density at radius 1 is 1.44 bits per heavy atom. The fourth-order valence-corrected chi connectivity index (χ4v) is 2.37. The third-order valence-electron chi connectivity index (χ3n) is 3.09. The molecule has 1 N–H and O–H groups in total. The van der Waals surface area contributed by atoms with Crippen LogP contribution >= 0.6 is 0 Å². The highest BCUT2D eigenvalue weighted by atomic mass is 16.1. The Morgan fingerprint density at radius 2 is 2.17 bits per heavy atom. The second kappa shape index (κ2) is 4.66. The average Bonchev–Trinajstić information content (AvgIpc) is 2.80. The van der Waals surface area contributed by atoms with Gasteiger partial charge in [-0.05, 0) is 35.1 Å². The van der Waals surface area contributed by atoms with Gasteiger partial charge in [0.25, 0.3) is 0 Å². The molecule has 1 aliphatic carbocycles. The monoisotopic (exact) mass is 251 g/mol. The number of carbonyl (C=O) groups is 1. The van der Waals surface area contributed by atoms with E-state index in [1.165, 1.54) is 6.33 Å². The van der Waals surface area contributed by atoms with Gasteiger partial charge in [-0.15, -0.1) is 5.10 Å². The Kier molecular flexibility index (Phi) is 3.36. The molecule has 6 nitrogen and oxygen atoms in total. The van der Waals surface area contributed by atoms with Gasteiger partial charge in [-0.3, -0.25) is 4.79 Å². The molecule has 1 amide bonds. The molecule has 0 unspecified atom stereocenters. The molecule has 100 valence electrons. The highest BCUT2D eigenvalue weighted by molar-refractivity contribution is 5.77. The molecule has 6 heteroatoms. The Hall–Kier alpha value is -1.46. The minimum Gasteiger partial charge on any atom is -0.351 e. The summed E-state index contributed by atoms with van der Waals surface area (Å²) in [5.74, 6) is 0.0900. The van der Waals surface area contributed by atoms with Crippen LogP contribution in [-0.2, 0) is 11.3 Å². The Bertz CT molecular complexity index is 403. The highest BCUT2D eigenvalue weighted by Gasteiger charge is 2.46. The number of nitrogens with zero attached hydrogens (tertiary/aromatic N) is 4. The van der Waals surface area contributed by atoms with Crippen molar-refractivity contribution >= 4 is 5.91 Å². The summed E-state index contributed by atoms with van der Waals surface area (Å²) in [4.78, 5) is 11.9. The predicted molar refractivity (Wildman–Crippen MR) is 66.6 cm³/mol. The number of aryl methyl sites for hydroxylation is 1. The maximum absolute atomic E-state index is 11.9. The van der Waals surface area contributed by atoms with Crippen LogP contribution in [0.5, 0.6) is 0 Å². The van der Waals surface area contributed by atoms with Crippen molar-refractivity contribution in [1.82, 2.24) is 25.5 Å². The number of amides is 1. The van der Waals surface area contributed by atoms with Crippen molar-refractivity contribution in [3.05, 3.63) is 6.33 Å². The van der Waals surface area contributed by atoms with Gasteiger partial charge in [0, 0.05) is 12.0 Å². The van der Waals surface area contributed by atoms with Crippen LogP contribution in [0, 0.1) is 5.41 Å². The lowest BCUT2D eigenvalue weighted by molar-refractivity contribution is -0.122. The van der Waals surface area contributed by atoms with E-state index in [1.54, 1.807) is 4.68 Å². The summed E-state index contributed by atoms with van der Waals surface area (Å²) in [5.41, 5.74) is 0.301.